The minimum Gasteiger partial charge on any atom is -0.497 e. The Hall–Kier alpha value is -2.63. The molecule has 0 saturated heterocycles. The van der Waals surface area contributed by atoms with Gasteiger partial charge in [0.1, 0.15) is 23.9 Å². The van der Waals surface area contributed by atoms with Gasteiger partial charge in [-0.05, 0) is 42.9 Å². The molecule has 0 radical (unpaired) electrons. The minimum absolute atomic E-state index is 0.0226. The number of carbonyl (C=O) groups is 1. The fraction of sp³-hybridized carbons (Fsp3) is 0.421. The molecule has 0 spiro atoms. The lowest BCUT2D eigenvalue weighted by molar-refractivity contribution is -0.126. The average molecular weight is 339 g/mol. The molecule has 1 aliphatic heterocycles. The summed E-state index contributed by atoms with van der Waals surface area (Å²) in [7, 11) is 1.63. The molecule has 6 nitrogen and oxygen atoms in total. The predicted molar refractivity (Wildman–Crippen MR) is 91.6 cm³/mol. The summed E-state index contributed by atoms with van der Waals surface area (Å²) in [5.41, 5.74) is 3.40. The third kappa shape index (κ3) is 3.29. The van der Waals surface area contributed by atoms with Gasteiger partial charge < -0.3 is 14.8 Å². The normalized spacial score (nSPS) is 18.0. The number of carbonyl (C=O) groups excluding carboxylic acids is 1. The molecule has 2 heterocycles. The van der Waals surface area contributed by atoms with Crippen LogP contribution in [0.15, 0.2) is 24.4 Å². The van der Waals surface area contributed by atoms with Gasteiger partial charge in [0, 0.05) is 18.0 Å². The summed E-state index contributed by atoms with van der Waals surface area (Å²) in [6, 6.07) is 5.71. The molecule has 1 atom stereocenters. The van der Waals surface area contributed by atoms with Gasteiger partial charge in [-0.2, -0.15) is 0 Å². The van der Waals surface area contributed by atoms with Crippen molar-refractivity contribution in [3.8, 4) is 11.5 Å². The maximum atomic E-state index is 12.5. The Kier molecular flexibility index (Phi) is 4.26. The summed E-state index contributed by atoms with van der Waals surface area (Å²) in [6.07, 6.45) is 5.77. The number of benzene rings is 1. The third-order valence-electron chi connectivity index (χ3n) is 4.84. The molecular formula is C19H21N3O3. The van der Waals surface area contributed by atoms with E-state index in [1.165, 1.54) is 5.56 Å². The van der Waals surface area contributed by atoms with Crippen LogP contribution in [0.5, 0.6) is 11.5 Å². The second-order valence-electron chi connectivity index (χ2n) is 6.52. The molecule has 1 aliphatic carbocycles. The molecule has 1 N–H and O–H groups in total. The van der Waals surface area contributed by atoms with Crippen LogP contribution in [0.25, 0.3) is 0 Å². The average Bonchev–Trinajstić information content (AvgIpc) is 3.13. The molecule has 1 aromatic carbocycles. The fourth-order valence-corrected chi connectivity index (χ4v) is 3.40. The Morgan fingerprint density at radius 2 is 2.28 bits per heavy atom. The van der Waals surface area contributed by atoms with Crippen molar-refractivity contribution >= 4 is 5.91 Å². The predicted octanol–water partition coefficient (Wildman–Crippen LogP) is 1.84. The van der Waals surface area contributed by atoms with Gasteiger partial charge in [0.25, 0.3) is 0 Å². The van der Waals surface area contributed by atoms with E-state index in [0.717, 1.165) is 42.0 Å². The number of aryl methyl sites for hydroxylation is 2. The van der Waals surface area contributed by atoms with Crippen molar-refractivity contribution < 1.29 is 14.3 Å². The molecule has 0 fully saturated rings. The number of rotatable bonds is 4. The molecule has 1 aromatic heterocycles. The van der Waals surface area contributed by atoms with Gasteiger partial charge in [0.05, 0.1) is 19.6 Å². The molecule has 0 bridgehead atoms. The molecule has 0 unspecified atom stereocenters. The van der Waals surface area contributed by atoms with E-state index < -0.39 is 0 Å². The number of methoxy groups -OCH3 is 1. The maximum absolute atomic E-state index is 12.5. The van der Waals surface area contributed by atoms with Crippen molar-refractivity contribution in [3.63, 3.8) is 0 Å². The summed E-state index contributed by atoms with van der Waals surface area (Å²) in [5, 5.41) is 2.94. The first kappa shape index (κ1) is 15.9. The van der Waals surface area contributed by atoms with Crippen molar-refractivity contribution in [2.24, 2.45) is 5.92 Å². The fourth-order valence-electron chi connectivity index (χ4n) is 3.40. The van der Waals surface area contributed by atoms with E-state index in [1.807, 2.05) is 24.4 Å². The smallest absolute Gasteiger partial charge is 0.227 e. The van der Waals surface area contributed by atoms with Crippen molar-refractivity contribution in [2.75, 3.05) is 13.7 Å². The van der Waals surface area contributed by atoms with Crippen LogP contribution < -0.4 is 14.8 Å². The molecule has 130 valence electrons. The van der Waals surface area contributed by atoms with Crippen LogP contribution in [-0.4, -0.2) is 29.6 Å². The number of hydrogen-bond donors (Lipinski definition) is 1. The standard InChI is InChI=1S/C19H21N3O3/c1-24-15-6-5-12-7-14(11-25-17(12)8-15)19(23)21-10-18-20-9-13-3-2-4-16(13)22-18/h5-6,8-9,14H,2-4,7,10-11H2,1H3,(H,21,23)/t14-/m1/s1. The second kappa shape index (κ2) is 6.70. The first-order valence-electron chi connectivity index (χ1n) is 8.64. The lowest BCUT2D eigenvalue weighted by Crippen LogP contribution is -2.37. The Morgan fingerprint density at radius 1 is 1.36 bits per heavy atom. The van der Waals surface area contributed by atoms with E-state index >= 15 is 0 Å². The highest BCUT2D eigenvalue weighted by Gasteiger charge is 2.26. The Balaban J connectivity index is 1.37. The van der Waals surface area contributed by atoms with Gasteiger partial charge >= 0.3 is 0 Å². The molecule has 2 aliphatic rings. The van der Waals surface area contributed by atoms with Crippen LogP contribution in [0.3, 0.4) is 0 Å². The van der Waals surface area contributed by atoms with Gasteiger partial charge in [-0.3, -0.25) is 4.79 Å². The Labute approximate surface area is 146 Å². The van der Waals surface area contributed by atoms with Gasteiger partial charge in [0.2, 0.25) is 5.91 Å². The van der Waals surface area contributed by atoms with Gasteiger partial charge in [-0.25, -0.2) is 9.97 Å². The van der Waals surface area contributed by atoms with E-state index in [9.17, 15) is 4.79 Å². The lowest BCUT2D eigenvalue weighted by Gasteiger charge is -2.24. The van der Waals surface area contributed by atoms with Crippen LogP contribution in [0, 0.1) is 5.92 Å². The SMILES string of the molecule is COc1ccc2c(c1)OC[C@H](C(=O)NCc1ncc3c(n1)CCC3)C2. The zero-order chi connectivity index (χ0) is 17.2. The van der Waals surface area contributed by atoms with Gasteiger partial charge in [-0.1, -0.05) is 6.07 Å². The number of fused-ring (bicyclic) bond motifs is 2. The van der Waals surface area contributed by atoms with Gasteiger partial charge in [-0.15, -0.1) is 0 Å². The zero-order valence-electron chi connectivity index (χ0n) is 14.2. The van der Waals surface area contributed by atoms with Crippen molar-refractivity contribution in [3.05, 3.63) is 47.0 Å². The van der Waals surface area contributed by atoms with Crippen molar-refractivity contribution in [1.82, 2.24) is 15.3 Å². The number of nitrogens with zero attached hydrogens (tertiary/aromatic N) is 2. The van der Waals surface area contributed by atoms with Crippen LogP contribution in [-0.2, 0) is 30.6 Å². The number of ether oxygens (including phenoxy) is 2. The van der Waals surface area contributed by atoms with Crippen LogP contribution in [0.4, 0.5) is 0 Å². The second-order valence-corrected chi connectivity index (χ2v) is 6.52. The Bertz CT molecular complexity index is 806. The number of amides is 1. The van der Waals surface area contributed by atoms with Crippen LogP contribution in [0.1, 0.15) is 29.1 Å². The molecule has 6 heteroatoms. The summed E-state index contributed by atoms with van der Waals surface area (Å²) in [4.78, 5) is 21.4. The molecule has 0 saturated carbocycles. The number of hydrogen-bond acceptors (Lipinski definition) is 5. The van der Waals surface area contributed by atoms with E-state index in [0.29, 0.717) is 25.4 Å². The summed E-state index contributed by atoms with van der Waals surface area (Å²) in [5.74, 6) is 2.01. The van der Waals surface area contributed by atoms with E-state index in [2.05, 4.69) is 15.3 Å². The topological polar surface area (TPSA) is 73.3 Å². The van der Waals surface area contributed by atoms with Crippen LogP contribution >= 0.6 is 0 Å². The first-order chi connectivity index (χ1) is 12.2. The monoisotopic (exact) mass is 339 g/mol. The first-order valence-corrected chi connectivity index (χ1v) is 8.64. The molecule has 2 aromatic rings. The summed E-state index contributed by atoms with van der Waals surface area (Å²) < 4.78 is 10.9. The molecule has 4 rings (SSSR count). The van der Waals surface area contributed by atoms with Crippen molar-refractivity contribution in [1.29, 1.82) is 0 Å². The highest BCUT2D eigenvalue weighted by molar-refractivity contribution is 5.79. The zero-order valence-corrected chi connectivity index (χ0v) is 14.2. The van der Waals surface area contributed by atoms with Crippen LogP contribution in [0.2, 0.25) is 0 Å². The highest BCUT2D eigenvalue weighted by atomic mass is 16.5. The minimum atomic E-state index is -0.199. The molecule has 1 amide bonds. The van der Waals surface area contributed by atoms with E-state index in [1.54, 1.807) is 7.11 Å². The maximum Gasteiger partial charge on any atom is 0.227 e. The molecular weight excluding hydrogens is 318 g/mol. The van der Waals surface area contributed by atoms with E-state index in [-0.39, 0.29) is 11.8 Å². The summed E-state index contributed by atoms with van der Waals surface area (Å²) in [6.45, 7) is 0.731. The lowest BCUT2D eigenvalue weighted by atomic mass is 9.96. The largest absolute Gasteiger partial charge is 0.497 e. The highest BCUT2D eigenvalue weighted by Crippen LogP contribution is 2.31. The Morgan fingerprint density at radius 3 is 3.16 bits per heavy atom. The number of aromatic nitrogens is 2. The third-order valence-corrected chi connectivity index (χ3v) is 4.84. The quantitative estimate of drug-likeness (QED) is 0.920. The van der Waals surface area contributed by atoms with Crippen molar-refractivity contribution in [2.45, 2.75) is 32.2 Å². The van der Waals surface area contributed by atoms with E-state index in [4.69, 9.17) is 9.47 Å². The van der Waals surface area contributed by atoms with Gasteiger partial charge in [0.15, 0.2) is 0 Å². The molecule has 25 heavy (non-hydrogen) atoms. The summed E-state index contributed by atoms with van der Waals surface area (Å²) >= 11 is 0. The number of nitrogens with one attached hydrogen (secondary N) is 1.